The Morgan fingerprint density at radius 1 is 1.45 bits per heavy atom. The molecule has 114 valence electrons. The second-order valence-electron chi connectivity index (χ2n) is 4.85. The molecule has 0 aliphatic rings. The smallest absolute Gasteiger partial charge is 0.358 e. The Bertz CT molecular complexity index is 714. The number of carbonyl (C=O) groups is 1. The largest absolute Gasteiger partial charge is 0.490 e. The molecule has 0 spiro atoms. The van der Waals surface area contributed by atoms with Gasteiger partial charge in [0.1, 0.15) is 18.1 Å². The van der Waals surface area contributed by atoms with Gasteiger partial charge < -0.3 is 14.0 Å². The number of nitrogens with zero attached hydrogens (tertiary/aromatic N) is 3. The first-order valence-corrected chi connectivity index (χ1v) is 6.97. The van der Waals surface area contributed by atoms with Crippen LogP contribution in [0.25, 0.3) is 5.69 Å². The first-order valence-electron chi connectivity index (χ1n) is 6.97. The van der Waals surface area contributed by atoms with Crippen molar-refractivity contribution in [2.24, 2.45) is 0 Å². The molecule has 1 heterocycles. The number of benzene rings is 1. The van der Waals surface area contributed by atoms with Crippen LogP contribution in [0.4, 0.5) is 0 Å². The number of esters is 1. The van der Waals surface area contributed by atoms with Crippen LogP contribution in [0.2, 0.25) is 0 Å². The Labute approximate surface area is 128 Å². The van der Waals surface area contributed by atoms with Gasteiger partial charge in [0.25, 0.3) is 0 Å². The van der Waals surface area contributed by atoms with E-state index in [4.69, 9.17) is 9.47 Å². The molecule has 2 rings (SSSR count). The van der Waals surface area contributed by atoms with Crippen LogP contribution in [0.5, 0.6) is 5.75 Å². The quantitative estimate of drug-likeness (QED) is 0.793. The third-order valence-electron chi connectivity index (χ3n) is 2.81. The highest BCUT2D eigenvalue weighted by Crippen LogP contribution is 2.22. The molecule has 1 aromatic carbocycles. The number of carbonyl (C=O) groups excluding carboxylic acids is 1. The lowest BCUT2D eigenvalue weighted by atomic mass is 10.2. The number of nitriles is 1. The lowest BCUT2D eigenvalue weighted by Gasteiger charge is -2.12. The molecule has 6 nitrogen and oxygen atoms in total. The number of ether oxygens (including phenoxy) is 2. The van der Waals surface area contributed by atoms with E-state index in [0.29, 0.717) is 17.9 Å². The molecule has 0 aliphatic heterocycles. The van der Waals surface area contributed by atoms with Gasteiger partial charge in [0.2, 0.25) is 0 Å². The second-order valence-corrected chi connectivity index (χ2v) is 4.85. The summed E-state index contributed by atoms with van der Waals surface area (Å²) in [4.78, 5) is 15.6. The van der Waals surface area contributed by atoms with Crippen molar-refractivity contribution in [1.82, 2.24) is 9.55 Å². The molecule has 0 fully saturated rings. The van der Waals surface area contributed by atoms with Crippen LogP contribution in [-0.2, 0) is 4.74 Å². The molecular formula is C16H17N3O3. The van der Waals surface area contributed by atoms with Gasteiger partial charge in [-0.1, -0.05) is 0 Å². The molecule has 6 heteroatoms. The maximum atomic E-state index is 11.6. The molecule has 0 saturated heterocycles. The Balaban J connectivity index is 2.30. The first kappa shape index (κ1) is 15.6. The van der Waals surface area contributed by atoms with E-state index in [1.54, 1.807) is 35.9 Å². The Hall–Kier alpha value is -2.81. The summed E-state index contributed by atoms with van der Waals surface area (Å²) in [6.45, 7) is 5.83. The summed E-state index contributed by atoms with van der Waals surface area (Å²) < 4.78 is 12.1. The van der Waals surface area contributed by atoms with Crippen LogP contribution >= 0.6 is 0 Å². The van der Waals surface area contributed by atoms with Crippen molar-refractivity contribution in [3.63, 3.8) is 0 Å². The molecule has 0 atom stereocenters. The molecule has 2 aromatic rings. The lowest BCUT2D eigenvalue weighted by Crippen LogP contribution is -2.07. The van der Waals surface area contributed by atoms with E-state index in [9.17, 15) is 10.1 Å². The number of aromatic nitrogens is 2. The average molecular weight is 299 g/mol. The second kappa shape index (κ2) is 6.76. The van der Waals surface area contributed by atoms with Crippen LogP contribution in [-0.4, -0.2) is 28.2 Å². The standard InChI is InChI=1S/C16H17N3O3/c1-4-21-16(20)14-9-19(10-18-14)13-5-6-15(22-11(2)3)12(7-13)8-17/h5-7,9-11H,4H2,1-3H3. The van der Waals surface area contributed by atoms with E-state index in [1.165, 1.54) is 6.33 Å². The third kappa shape index (κ3) is 3.44. The van der Waals surface area contributed by atoms with E-state index in [2.05, 4.69) is 11.1 Å². The van der Waals surface area contributed by atoms with Gasteiger partial charge in [0, 0.05) is 11.9 Å². The summed E-state index contributed by atoms with van der Waals surface area (Å²) in [7, 11) is 0. The summed E-state index contributed by atoms with van der Waals surface area (Å²) in [5.41, 5.74) is 1.37. The highest BCUT2D eigenvalue weighted by atomic mass is 16.5. The zero-order valence-corrected chi connectivity index (χ0v) is 12.7. The molecule has 0 aliphatic carbocycles. The number of rotatable bonds is 5. The number of hydrogen-bond acceptors (Lipinski definition) is 5. The fraction of sp³-hybridized carbons (Fsp3) is 0.312. The van der Waals surface area contributed by atoms with Crippen molar-refractivity contribution in [2.45, 2.75) is 26.9 Å². The molecule has 0 bridgehead atoms. The van der Waals surface area contributed by atoms with Crippen LogP contribution in [0.1, 0.15) is 36.8 Å². The average Bonchev–Trinajstić information content (AvgIpc) is 2.97. The van der Waals surface area contributed by atoms with Crippen molar-refractivity contribution in [3.8, 4) is 17.5 Å². The summed E-state index contributed by atoms with van der Waals surface area (Å²) in [6.07, 6.45) is 3.06. The van der Waals surface area contributed by atoms with Crippen LogP contribution in [0.15, 0.2) is 30.7 Å². The lowest BCUT2D eigenvalue weighted by molar-refractivity contribution is 0.0520. The van der Waals surface area contributed by atoms with Crippen molar-refractivity contribution < 1.29 is 14.3 Å². The van der Waals surface area contributed by atoms with Gasteiger partial charge in [-0.25, -0.2) is 9.78 Å². The minimum atomic E-state index is -0.471. The van der Waals surface area contributed by atoms with Crippen molar-refractivity contribution >= 4 is 5.97 Å². The molecular weight excluding hydrogens is 282 g/mol. The highest BCUT2D eigenvalue weighted by molar-refractivity contribution is 5.87. The van der Waals surface area contributed by atoms with Crippen LogP contribution in [0.3, 0.4) is 0 Å². The maximum Gasteiger partial charge on any atom is 0.358 e. The SMILES string of the molecule is CCOC(=O)c1cn(-c2ccc(OC(C)C)c(C#N)c2)cn1. The normalized spacial score (nSPS) is 10.3. The molecule has 0 radical (unpaired) electrons. The van der Waals surface area contributed by atoms with Gasteiger partial charge in [0.15, 0.2) is 5.69 Å². The summed E-state index contributed by atoms with van der Waals surface area (Å²) in [5.74, 6) is 0.0634. The van der Waals surface area contributed by atoms with E-state index < -0.39 is 5.97 Å². The minimum Gasteiger partial charge on any atom is -0.490 e. The van der Waals surface area contributed by atoms with E-state index >= 15 is 0 Å². The first-order chi connectivity index (χ1) is 10.5. The van der Waals surface area contributed by atoms with E-state index in [0.717, 1.165) is 5.69 Å². The number of imidazole rings is 1. The van der Waals surface area contributed by atoms with Crippen molar-refractivity contribution in [3.05, 3.63) is 42.0 Å². The predicted molar refractivity (Wildman–Crippen MR) is 80.0 cm³/mol. The summed E-state index contributed by atoms with van der Waals surface area (Å²) in [5, 5.41) is 9.24. The zero-order chi connectivity index (χ0) is 16.1. The molecule has 1 aromatic heterocycles. The molecule has 0 amide bonds. The monoisotopic (exact) mass is 299 g/mol. The van der Waals surface area contributed by atoms with Gasteiger partial charge >= 0.3 is 5.97 Å². The van der Waals surface area contributed by atoms with Gasteiger partial charge in [-0.3, -0.25) is 0 Å². The van der Waals surface area contributed by atoms with Gasteiger partial charge in [-0.05, 0) is 39.0 Å². The molecule has 0 N–H and O–H groups in total. The maximum absolute atomic E-state index is 11.6. The van der Waals surface area contributed by atoms with Crippen LogP contribution < -0.4 is 4.74 Å². The molecule has 0 unspecified atom stereocenters. The highest BCUT2D eigenvalue weighted by Gasteiger charge is 2.12. The van der Waals surface area contributed by atoms with Crippen molar-refractivity contribution in [2.75, 3.05) is 6.61 Å². The fourth-order valence-corrected chi connectivity index (χ4v) is 1.90. The zero-order valence-electron chi connectivity index (χ0n) is 12.7. The fourth-order valence-electron chi connectivity index (χ4n) is 1.90. The molecule has 22 heavy (non-hydrogen) atoms. The summed E-state index contributed by atoms with van der Waals surface area (Å²) >= 11 is 0. The topological polar surface area (TPSA) is 77.1 Å². The third-order valence-corrected chi connectivity index (χ3v) is 2.81. The van der Waals surface area contributed by atoms with Crippen LogP contribution in [0, 0.1) is 11.3 Å². The predicted octanol–water partition coefficient (Wildman–Crippen LogP) is 2.71. The van der Waals surface area contributed by atoms with Gasteiger partial charge in [-0.15, -0.1) is 0 Å². The summed E-state index contributed by atoms with van der Waals surface area (Å²) in [6, 6.07) is 7.33. The Morgan fingerprint density at radius 2 is 2.23 bits per heavy atom. The Morgan fingerprint density at radius 3 is 2.86 bits per heavy atom. The number of hydrogen-bond donors (Lipinski definition) is 0. The van der Waals surface area contributed by atoms with E-state index in [-0.39, 0.29) is 11.8 Å². The molecule has 0 saturated carbocycles. The Kier molecular flexibility index (Phi) is 4.79. The van der Waals surface area contributed by atoms with E-state index in [1.807, 2.05) is 13.8 Å². The van der Waals surface area contributed by atoms with Gasteiger partial charge in [0.05, 0.1) is 18.3 Å². The van der Waals surface area contributed by atoms with Gasteiger partial charge in [-0.2, -0.15) is 5.26 Å². The van der Waals surface area contributed by atoms with Crippen molar-refractivity contribution in [1.29, 1.82) is 5.26 Å². The minimum absolute atomic E-state index is 0.0124.